The molecule has 0 fully saturated rings. The monoisotopic (exact) mass is 145 g/mol. The van der Waals surface area contributed by atoms with E-state index < -0.39 is 6.50 Å². The minimum absolute atomic E-state index is 0.499. The van der Waals surface area contributed by atoms with Crippen molar-refractivity contribution in [1.29, 1.82) is 0 Å². The molecule has 0 heterocycles. The molecule has 10 heavy (non-hydrogen) atoms. The Labute approximate surface area is 67.8 Å². The Hall–Kier alpha value is -0.0400. The Morgan fingerprint density at radius 2 is 1.50 bits per heavy atom. The van der Waals surface area contributed by atoms with E-state index in [1.807, 2.05) is 0 Å². The zero-order chi connectivity index (χ0) is 9.45. The van der Waals surface area contributed by atoms with Crippen LogP contribution in [0.4, 0.5) is 0 Å². The third-order valence-corrected chi connectivity index (χ3v) is 1.67. The maximum Gasteiger partial charge on any atom is 0.0425 e. The van der Waals surface area contributed by atoms with Gasteiger partial charge in [0.15, 0.2) is 0 Å². The molecule has 0 aliphatic rings. The smallest absolute Gasteiger partial charge is 0.0425 e. The van der Waals surface area contributed by atoms with Gasteiger partial charge in [-0.25, -0.2) is 0 Å². The molecule has 1 nitrogen and oxygen atoms in total. The summed E-state index contributed by atoms with van der Waals surface area (Å²) in [5, 5.41) is 0. The van der Waals surface area contributed by atoms with Crippen LogP contribution in [-0.2, 0) is 0 Å². The van der Waals surface area contributed by atoms with Crippen molar-refractivity contribution in [1.82, 2.24) is 0 Å². The van der Waals surface area contributed by atoms with E-state index in [0.717, 1.165) is 12.8 Å². The first kappa shape index (κ1) is 6.66. The lowest BCUT2D eigenvalue weighted by Gasteiger charge is -1.97. The molecule has 0 saturated carbocycles. The summed E-state index contributed by atoms with van der Waals surface area (Å²) in [4.78, 5) is 0. The molecule has 1 heteroatoms. The maximum absolute atomic E-state index is 7.09. The zero-order valence-electron chi connectivity index (χ0n) is 9.03. The first-order chi connectivity index (χ1) is 5.56. The van der Waals surface area contributed by atoms with E-state index in [-0.39, 0.29) is 0 Å². The van der Waals surface area contributed by atoms with Crippen molar-refractivity contribution in [3.63, 3.8) is 0 Å². The van der Waals surface area contributed by atoms with Crippen LogP contribution in [0.2, 0.25) is 0 Å². The van der Waals surface area contributed by atoms with Crippen LogP contribution in [0.5, 0.6) is 0 Å². The Balaban J connectivity index is 3.01. The van der Waals surface area contributed by atoms with Gasteiger partial charge in [0.2, 0.25) is 0 Å². The quantitative estimate of drug-likeness (QED) is 0.548. The lowest BCUT2D eigenvalue weighted by molar-refractivity contribution is 0.593. The highest BCUT2D eigenvalue weighted by Gasteiger charge is 1.87. The normalized spacial score (nSPS) is 14.6. The second-order valence-corrected chi connectivity index (χ2v) is 2.72. The van der Waals surface area contributed by atoms with Gasteiger partial charge in [0, 0.05) is 2.74 Å². The van der Waals surface area contributed by atoms with Gasteiger partial charge in [0.05, 0.1) is 0 Å². The molecule has 0 unspecified atom stereocenters. The molecular weight excluding hydrogens is 122 g/mol. The van der Waals surface area contributed by atoms with Gasteiger partial charge < -0.3 is 5.73 Å². The summed E-state index contributed by atoms with van der Waals surface area (Å²) in [6.45, 7) is 0.739. The second kappa shape index (κ2) is 8.96. The fourth-order valence-electron chi connectivity index (χ4n) is 1.01. The van der Waals surface area contributed by atoms with E-state index in [1.54, 1.807) is 0 Å². The van der Waals surface area contributed by atoms with Crippen molar-refractivity contribution in [3.8, 4) is 0 Å². The largest absolute Gasteiger partial charge is 0.330 e. The summed E-state index contributed by atoms with van der Waals surface area (Å²) in [5.41, 5.74) is 5.21. The van der Waals surface area contributed by atoms with E-state index in [0.29, 0.717) is 6.42 Å². The van der Waals surface area contributed by atoms with Crippen LogP contribution in [0.25, 0.3) is 0 Å². The van der Waals surface area contributed by atoms with Crippen molar-refractivity contribution in [2.24, 2.45) is 5.73 Å². The topological polar surface area (TPSA) is 26.0 Å². The Morgan fingerprint density at radius 3 is 2.00 bits per heavy atom. The van der Waals surface area contributed by atoms with Crippen molar-refractivity contribution >= 4 is 0 Å². The predicted molar refractivity (Wildman–Crippen MR) is 47.0 cm³/mol. The number of nitrogens with two attached hydrogens (primary N) is 1. The van der Waals surface area contributed by atoms with Crippen LogP contribution < -0.4 is 5.73 Å². The standard InChI is InChI=1S/C9H21N/c1-2-3-4-5-6-7-8-9-10/h2-10H2,1H3/i9D2. The minimum Gasteiger partial charge on any atom is -0.330 e. The Bertz CT molecular complexity index is 99.2. The molecule has 0 atom stereocenters. The highest BCUT2D eigenvalue weighted by atomic mass is 14.5. The third-order valence-electron chi connectivity index (χ3n) is 1.67. The lowest BCUT2D eigenvalue weighted by atomic mass is 10.1. The summed E-state index contributed by atoms with van der Waals surface area (Å²) < 4.78 is 14.2. The van der Waals surface area contributed by atoms with Crippen molar-refractivity contribution in [3.05, 3.63) is 0 Å². The molecule has 0 aromatic carbocycles. The van der Waals surface area contributed by atoms with Gasteiger partial charge in [-0.3, -0.25) is 0 Å². The van der Waals surface area contributed by atoms with Crippen molar-refractivity contribution < 1.29 is 2.74 Å². The molecule has 62 valence electrons. The van der Waals surface area contributed by atoms with Gasteiger partial charge in [0.25, 0.3) is 0 Å². The molecule has 0 bridgehead atoms. The molecule has 0 radical (unpaired) electrons. The van der Waals surface area contributed by atoms with Crippen LogP contribution in [0.15, 0.2) is 0 Å². The van der Waals surface area contributed by atoms with Gasteiger partial charge in [-0.1, -0.05) is 45.4 Å². The molecule has 2 N–H and O–H groups in total. The van der Waals surface area contributed by atoms with Gasteiger partial charge in [-0.05, 0) is 12.9 Å². The highest BCUT2D eigenvalue weighted by molar-refractivity contribution is 4.44. The third kappa shape index (κ3) is 7.96. The molecule has 0 aromatic rings. The van der Waals surface area contributed by atoms with E-state index >= 15 is 0 Å². The summed E-state index contributed by atoms with van der Waals surface area (Å²) in [6.07, 6.45) is 7.62. The summed E-state index contributed by atoms with van der Waals surface area (Å²) in [6, 6.07) is 0. The number of hydrogen-bond donors (Lipinski definition) is 1. The van der Waals surface area contributed by atoms with Gasteiger partial charge in [-0.15, -0.1) is 0 Å². The molecule has 0 spiro atoms. The molecule has 0 aromatic heterocycles. The zero-order valence-corrected chi connectivity index (χ0v) is 7.03. The maximum atomic E-state index is 7.09. The first-order valence-electron chi connectivity index (χ1n) is 5.35. The molecule has 0 amide bonds. The predicted octanol–water partition coefficient (Wildman–Crippen LogP) is 2.70. The van der Waals surface area contributed by atoms with E-state index in [2.05, 4.69) is 6.92 Å². The first-order valence-corrected chi connectivity index (χ1v) is 4.35. The average molecular weight is 145 g/mol. The fraction of sp³-hybridized carbons (Fsp3) is 1.00. The number of hydrogen-bond acceptors (Lipinski definition) is 1. The van der Waals surface area contributed by atoms with Crippen LogP contribution in [0.1, 0.15) is 54.6 Å². The van der Waals surface area contributed by atoms with Crippen LogP contribution in [0, 0.1) is 0 Å². The second-order valence-electron chi connectivity index (χ2n) is 2.72. The Kier molecular flexibility index (Phi) is 5.96. The SMILES string of the molecule is [2H]C([2H])(N)CCCCCCCC. The number of unbranched alkanes of at least 4 members (excludes halogenated alkanes) is 5. The highest BCUT2D eigenvalue weighted by Crippen LogP contribution is 2.05. The van der Waals surface area contributed by atoms with Crippen LogP contribution in [0.3, 0.4) is 0 Å². The van der Waals surface area contributed by atoms with E-state index in [1.165, 1.54) is 25.7 Å². The average Bonchev–Trinajstić information content (AvgIpc) is 1.94. The summed E-state index contributed by atoms with van der Waals surface area (Å²) in [5.74, 6) is 0. The van der Waals surface area contributed by atoms with Gasteiger partial charge in [-0.2, -0.15) is 0 Å². The molecule has 0 aliphatic heterocycles. The van der Waals surface area contributed by atoms with E-state index in [4.69, 9.17) is 8.48 Å². The summed E-state index contributed by atoms with van der Waals surface area (Å²) in [7, 11) is 0. The van der Waals surface area contributed by atoms with Crippen molar-refractivity contribution in [2.75, 3.05) is 6.50 Å². The fourth-order valence-corrected chi connectivity index (χ4v) is 1.01. The molecule has 0 saturated heterocycles. The van der Waals surface area contributed by atoms with Crippen LogP contribution in [-0.4, -0.2) is 6.50 Å². The Morgan fingerprint density at radius 1 is 1.00 bits per heavy atom. The summed E-state index contributed by atoms with van der Waals surface area (Å²) >= 11 is 0. The lowest BCUT2D eigenvalue weighted by Crippen LogP contribution is -1.97. The van der Waals surface area contributed by atoms with Crippen LogP contribution >= 0.6 is 0 Å². The molecule has 0 aliphatic carbocycles. The minimum atomic E-state index is -1.45. The number of rotatable bonds is 7. The van der Waals surface area contributed by atoms with Gasteiger partial charge >= 0.3 is 0 Å². The van der Waals surface area contributed by atoms with E-state index in [9.17, 15) is 0 Å². The molecular formula is C9H21N. The van der Waals surface area contributed by atoms with Crippen molar-refractivity contribution in [2.45, 2.75) is 51.9 Å². The molecule has 0 rings (SSSR count). The van der Waals surface area contributed by atoms with Gasteiger partial charge in [0.1, 0.15) is 0 Å².